The standard InChI is InChI=1S/C23H32ClF3O2/c1-28-14-2-3-15-4-6-16(7-5-15)17-8-10-18(11-9-17)19-12-13-20(24)21(25)22(19)29-23(26)27/h12-13,15-18,23H,2-11,14H2,1H3. The monoisotopic (exact) mass is 432 g/mol. The zero-order valence-corrected chi connectivity index (χ0v) is 17.9. The highest BCUT2D eigenvalue weighted by atomic mass is 35.5. The van der Waals surface area contributed by atoms with Gasteiger partial charge >= 0.3 is 6.61 Å². The molecular formula is C23H32ClF3O2. The maximum atomic E-state index is 14.3. The number of benzene rings is 1. The van der Waals surface area contributed by atoms with Gasteiger partial charge in [0.15, 0.2) is 11.6 Å². The molecule has 0 aromatic heterocycles. The van der Waals surface area contributed by atoms with Crippen LogP contribution >= 0.6 is 11.6 Å². The largest absolute Gasteiger partial charge is 0.431 e. The maximum Gasteiger partial charge on any atom is 0.387 e. The third-order valence-corrected chi connectivity index (χ3v) is 7.31. The highest BCUT2D eigenvalue weighted by Gasteiger charge is 2.33. The van der Waals surface area contributed by atoms with Crippen molar-refractivity contribution in [3.05, 3.63) is 28.5 Å². The van der Waals surface area contributed by atoms with Gasteiger partial charge in [-0.3, -0.25) is 0 Å². The third-order valence-electron chi connectivity index (χ3n) is 7.02. The summed E-state index contributed by atoms with van der Waals surface area (Å²) < 4.78 is 49.5. The van der Waals surface area contributed by atoms with Crippen LogP contribution < -0.4 is 4.74 Å². The topological polar surface area (TPSA) is 18.5 Å². The summed E-state index contributed by atoms with van der Waals surface area (Å²) in [5.41, 5.74) is 0.535. The summed E-state index contributed by atoms with van der Waals surface area (Å²) in [6, 6.07) is 3.10. The first-order valence-corrected chi connectivity index (χ1v) is 11.3. The van der Waals surface area contributed by atoms with Crippen LogP contribution in [-0.4, -0.2) is 20.3 Å². The molecule has 0 spiro atoms. The molecule has 6 heteroatoms. The van der Waals surface area contributed by atoms with Gasteiger partial charge in [0.25, 0.3) is 0 Å². The molecule has 2 aliphatic carbocycles. The molecule has 2 aliphatic rings. The van der Waals surface area contributed by atoms with Crippen molar-refractivity contribution in [1.82, 2.24) is 0 Å². The van der Waals surface area contributed by atoms with Gasteiger partial charge in [0.05, 0.1) is 5.02 Å². The van der Waals surface area contributed by atoms with E-state index in [4.69, 9.17) is 16.3 Å². The molecule has 3 rings (SSSR count). The molecule has 0 N–H and O–H groups in total. The highest BCUT2D eigenvalue weighted by Crippen LogP contribution is 2.47. The predicted octanol–water partition coefficient (Wildman–Crippen LogP) is 7.59. The maximum absolute atomic E-state index is 14.3. The summed E-state index contributed by atoms with van der Waals surface area (Å²) in [5, 5.41) is -0.180. The van der Waals surface area contributed by atoms with Crippen LogP contribution in [0.25, 0.3) is 0 Å². The van der Waals surface area contributed by atoms with E-state index < -0.39 is 12.4 Å². The molecule has 2 saturated carbocycles. The van der Waals surface area contributed by atoms with Gasteiger partial charge in [0, 0.05) is 19.3 Å². The molecular weight excluding hydrogens is 401 g/mol. The summed E-state index contributed by atoms with van der Waals surface area (Å²) in [6.45, 7) is -2.20. The minimum atomic E-state index is -3.06. The summed E-state index contributed by atoms with van der Waals surface area (Å²) in [4.78, 5) is 0. The molecule has 0 heterocycles. The molecule has 0 atom stereocenters. The third kappa shape index (κ3) is 6.04. The fraction of sp³-hybridized carbons (Fsp3) is 0.739. The molecule has 29 heavy (non-hydrogen) atoms. The van der Waals surface area contributed by atoms with Crippen molar-refractivity contribution >= 4 is 11.6 Å². The van der Waals surface area contributed by atoms with Crippen molar-refractivity contribution in [2.75, 3.05) is 13.7 Å². The van der Waals surface area contributed by atoms with E-state index >= 15 is 0 Å². The molecule has 0 unspecified atom stereocenters. The summed E-state index contributed by atoms with van der Waals surface area (Å²) >= 11 is 5.78. The Morgan fingerprint density at radius 3 is 2.21 bits per heavy atom. The van der Waals surface area contributed by atoms with Crippen LogP contribution in [0.5, 0.6) is 5.75 Å². The lowest BCUT2D eigenvalue weighted by molar-refractivity contribution is -0.0531. The zero-order valence-electron chi connectivity index (χ0n) is 17.1. The molecule has 1 aromatic rings. The SMILES string of the molecule is COCCCC1CCC(C2CCC(c3ccc(Cl)c(F)c3OC(F)F)CC2)CC1. The van der Waals surface area contributed by atoms with E-state index in [2.05, 4.69) is 4.74 Å². The smallest absolute Gasteiger partial charge is 0.387 e. The van der Waals surface area contributed by atoms with Crippen molar-refractivity contribution in [1.29, 1.82) is 0 Å². The van der Waals surface area contributed by atoms with E-state index in [1.807, 2.05) is 0 Å². The number of hydrogen-bond donors (Lipinski definition) is 0. The number of methoxy groups -OCH3 is 1. The second-order valence-corrected chi connectivity index (χ2v) is 9.09. The normalized spacial score (nSPS) is 27.9. The first-order valence-electron chi connectivity index (χ1n) is 10.9. The van der Waals surface area contributed by atoms with Gasteiger partial charge in [0.1, 0.15) is 0 Å². The van der Waals surface area contributed by atoms with Crippen LogP contribution in [0.1, 0.15) is 75.7 Å². The van der Waals surface area contributed by atoms with Gasteiger partial charge in [-0.1, -0.05) is 30.5 Å². The van der Waals surface area contributed by atoms with E-state index in [0.29, 0.717) is 11.5 Å². The molecule has 0 aliphatic heterocycles. The summed E-state index contributed by atoms with van der Waals surface area (Å²) in [7, 11) is 1.76. The highest BCUT2D eigenvalue weighted by molar-refractivity contribution is 6.30. The molecule has 0 bridgehead atoms. The van der Waals surface area contributed by atoms with Crippen LogP contribution in [0.4, 0.5) is 13.2 Å². The summed E-state index contributed by atoms with van der Waals surface area (Å²) in [5.74, 6) is 1.11. The average molecular weight is 433 g/mol. The number of rotatable bonds is 8. The number of halogens is 4. The fourth-order valence-electron chi connectivity index (χ4n) is 5.44. The Balaban J connectivity index is 1.53. The minimum Gasteiger partial charge on any atom is -0.431 e. The van der Waals surface area contributed by atoms with Crippen molar-refractivity contribution in [3.63, 3.8) is 0 Å². The lowest BCUT2D eigenvalue weighted by Crippen LogP contribution is -2.25. The number of alkyl halides is 2. The number of hydrogen-bond acceptors (Lipinski definition) is 2. The Labute approximate surface area is 177 Å². The van der Waals surface area contributed by atoms with Gasteiger partial charge in [-0.25, -0.2) is 4.39 Å². The van der Waals surface area contributed by atoms with Crippen LogP contribution in [0.3, 0.4) is 0 Å². The van der Waals surface area contributed by atoms with Crippen LogP contribution in [0, 0.1) is 23.6 Å². The molecule has 2 nitrogen and oxygen atoms in total. The Kier molecular flexibility index (Phi) is 8.55. The molecule has 164 valence electrons. The van der Waals surface area contributed by atoms with Crippen molar-refractivity contribution in [2.45, 2.75) is 76.7 Å². The predicted molar refractivity (Wildman–Crippen MR) is 109 cm³/mol. The molecule has 2 fully saturated rings. The van der Waals surface area contributed by atoms with Gasteiger partial charge in [-0.15, -0.1) is 0 Å². The molecule has 0 saturated heterocycles. The zero-order chi connectivity index (χ0) is 20.8. The van der Waals surface area contributed by atoms with Gasteiger partial charge in [-0.2, -0.15) is 8.78 Å². The summed E-state index contributed by atoms with van der Waals surface area (Å²) in [6.07, 6.45) is 11.5. The van der Waals surface area contributed by atoms with Crippen LogP contribution in [-0.2, 0) is 4.74 Å². The Hall–Kier alpha value is -0.940. The second kappa shape index (κ2) is 10.9. The van der Waals surface area contributed by atoms with E-state index in [1.54, 1.807) is 13.2 Å². The van der Waals surface area contributed by atoms with E-state index in [1.165, 1.54) is 38.2 Å². The average Bonchev–Trinajstić information content (AvgIpc) is 2.72. The first-order chi connectivity index (χ1) is 14.0. The second-order valence-electron chi connectivity index (χ2n) is 8.69. The van der Waals surface area contributed by atoms with E-state index in [0.717, 1.165) is 50.5 Å². The van der Waals surface area contributed by atoms with Crippen molar-refractivity contribution in [3.8, 4) is 5.75 Å². The lowest BCUT2D eigenvalue weighted by atomic mass is 9.68. The number of ether oxygens (including phenoxy) is 2. The van der Waals surface area contributed by atoms with Gasteiger partial charge < -0.3 is 9.47 Å². The quantitative estimate of drug-likeness (QED) is 0.394. The Morgan fingerprint density at radius 2 is 1.62 bits per heavy atom. The van der Waals surface area contributed by atoms with Crippen molar-refractivity contribution in [2.24, 2.45) is 17.8 Å². The first kappa shape index (κ1) is 22.7. The Bertz CT molecular complexity index is 639. The minimum absolute atomic E-state index is 0.0529. The lowest BCUT2D eigenvalue weighted by Gasteiger charge is -2.38. The Morgan fingerprint density at radius 1 is 1.00 bits per heavy atom. The molecule has 0 amide bonds. The van der Waals surface area contributed by atoms with Gasteiger partial charge in [-0.05, 0) is 81.1 Å². The van der Waals surface area contributed by atoms with Crippen molar-refractivity contribution < 1.29 is 22.6 Å². The van der Waals surface area contributed by atoms with Gasteiger partial charge in [0.2, 0.25) is 0 Å². The van der Waals surface area contributed by atoms with Crippen LogP contribution in [0.2, 0.25) is 5.02 Å². The molecule has 1 aromatic carbocycles. The van der Waals surface area contributed by atoms with E-state index in [-0.39, 0.29) is 16.7 Å². The fourth-order valence-corrected chi connectivity index (χ4v) is 5.59. The molecule has 0 radical (unpaired) electrons. The van der Waals surface area contributed by atoms with Crippen LogP contribution in [0.15, 0.2) is 12.1 Å². The van der Waals surface area contributed by atoms with E-state index in [9.17, 15) is 13.2 Å².